The molecular formula is C13H13BrN2O2. The lowest BCUT2D eigenvalue weighted by atomic mass is 10.2. The Bertz CT molecular complexity index is 552. The number of rotatable bonds is 5. The van der Waals surface area contributed by atoms with Crippen molar-refractivity contribution in [3.63, 3.8) is 0 Å². The summed E-state index contributed by atoms with van der Waals surface area (Å²) >= 11 is 3.38. The van der Waals surface area contributed by atoms with Crippen LogP contribution in [0.5, 0.6) is 5.75 Å². The van der Waals surface area contributed by atoms with Crippen LogP contribution in [0.15, 0.2) is 35.1 Å². The van der Waals surface area contributed by atoms with E-state index in [0.29, 0.717) is 17.9 Å². The Labute approximate surface area is 114 Å². The van der Waals surface area contributed by atoms with Gasteiger partial charge < -0.3 is 4.74 Å². The highest BCUT2D eigenvalue weighted by Crippen LogP contribution is 2.28. The van der Waals surface area contributed by atoms with Gasteiger partial charge in [0.25, 0.3) is 0 Å². The summed E-state index contributed by atoms with van der Waals surface area (Å²) in [7, 11) is 0. The second kappa shape index (κ2) is 5.82. The smallest absolute Gasteiger partial charge is 0.153 e. The van der Waals surface area contributed by atoms with Gasteiger partial charge in [0.2, 0.25) is 0 Å². The molecule has 1 aromatic heterocycles. The predicted octanol–water partition coefficient (Wildman–Crippen LogP) is 3.06. The van der Waals surface area contributed by atoms with Crippen LogP contribution < -0.4 is 4.74 Å². The van der Waals surface area contributed by atoms with E-state index in [0.717, 1.165) is 22.9 Å². The molecule has 0 aliphatic carbocycles. The minimum Gasteiger partial charge on any atom is -0.487 e. The van der Waals surface area contributed by atoms with Gasteiger partial charge in [-0.15, -0.1) is 0 Å². The van der Waals surface area contributed by atoms with Crippen molar-refractivity contribution in [3.8, 4) is 5.75 Å². The Morgan fingerprint density at radius 3 is 3.00 bits per heavy atom. The number of aldehydes is 1. The van der Waals surface area contributed by atoms with Crippen LogP contribution in [0.2, 0.25) is 0 Å². The molecule has 5 heteroatoms. The summed E-state index contributed by atoms with van der Waals surface area (Å²) in [5.74, 6) is 0.566. The lowest BCUT2D eigenvalue weighted by Gasteiger charge is -2.09. The summed E-state index contributed by atoms with van der Waals surface area (Å²) in [4.78, 5) is 10.9. The summed E-state index contributed by atoms with van der Waals surface area (Å²) in [6.45, 7) is 3.24. The fourth-order valence-corrected chi connectivity index (χ4v) is 2.08. The highest BCUT2D eigenvalue weighted by atomic mass is 79.9. The topological polar surface area (TPSA) is 44.1 Å². The first-order valence-electron chi connectivity index (χ1n) is 5.62. The number of ether oxygens (including phenoxy) is 1. The van der Waals surface area contributed by atoms with E-state index in [1.54, 1.807) is 18.3 Å². The largest absolute Gasteiger partial charge is 0.487 e. The molecule has 0 saturated carbocycles. The molecule has 0 N–H and O–H groups in total. The molecule has 2 aromatic rings. The molecule has 0 aliphatic rings. The van der Waals surface area contributed by atoms with Crippen LogP contribution in [0.3, 0.4) is 0 Å². The predicted molar refractivity (Wildman–Crippen MR) is 71.8 cm³/mol. The van der Waals surface area contributed by atoms with Crippen molar-refractivity contribution in [2.75, 3.05) is 0 Å². The van der Waals surface area contributed by atoms with E-state index in [2.05, 4.69) is 21.0 Å². The van der Waals surface area contributed by atoms with Crippen LogP contribution in [0, 0.1) is 0 Å². The third-order valence-electron chi connectivity index (χ3n) is 2.52. The summed E-state index contributed by atoms with van der Waals surface area (Å²) in [6.07, 6.45) is 4.48. The molecule has 0 amide bonds. The highest BCUT2D eigenvalue weighted by molar-refractivity contribution is 9.10. The number of carbonyl (C=O) groups excluding carboxylic acids is 1. The zero-order valence-corrected chi connectivity index (χ0v) is 11.6. The molecule has 0 atom stereocenters. The first kappa shape index (κ1) is 12.8. The number of carbonyl (C=O) groups is 1. The van der Waals surface area contributed by atoms with Crippen molar-refractivity contribution in [1.29, 1.82) is 0 Å². The molecule has 0 spiro atoms. The van der Waals surface area contributed by atoms with Gasteiger partial charge in [0, 0.05) is 18.3 Å². The zero-order valence-electron chi connectivity index (χ0n) is 9.97. The van der Waals surface area contributed by atoms with Gasteiger partial charge in [0.05, 0.1) is 16.2 Å². The van der Waals surface area contributed by atoms with Crippen LogP contribution in [-0.4, -0.2) is 16.1 Å². The Hall–Kier alpha value is -1.62. The number of halogens is 1. The van der Waals surface area contributed by atoms with Gasteiger partial charge in [-0.25, -0.2) is 0 Å². The van der Waals surface area contributed by atoms with Gasteiger partial charge in [-0.2, -0.15) is 5.10 Å². The molecule has 0 unspecified atom stereocenters. The fourth-order valence-electron chi connectivity index (χ4n) is 1.58. The number of aryl methyl sites for hydroxylation is 1. The summed E-state index contributed by atoms with van der Waals surface area (Å²) in [5.41, 5.74) is 1.51. The van der Waals surface area contributed by atoms with E-state index in [4.69, 9.17) is 4.74 Å². The number of hydrogen-bond donors (Lipinski definition) is 0. The molecule has 0 fully saturated rings. The maximum atomic E-state index is 10.9. The molecule has 2 rings (SSSR count). The zero-order chi connectivity index (χ0) is 13.0. The number of nitrogens with zero attached hydrogens (tertiary/aromatic N) is 2. The Morgan fingerprint density at radius 2 is 2.33 bits per heavy atom. The van der Waals surface area contributed by atoms with Crippen molar-refractivity contribution >= 4 is 22.2 Å². The maximum Gasteiger partial charge on any atom is 0.153 e. The van der Waals surface area contributed by atoms with E-state index in [1.165, 1.54) is 0 Å². The van der Waals surface area contributed by atoms with Crippen molar-refractivity contribution < 1.29 is 9.53 Å². The van der Waals surface area contributed by atoms with Gasteiger partial charge in [-0.3, -0.25) is 9.48 Å². The van der Waals surface area contributed by atoms with Crippen molar-refractivity contribution in [2.45, 2.75) is 20.1 Å². The van der Waals surface area contributed by atoms with Crippen LogP contribution in [0.4, 0.5) is 0 Å². The average molecular weight is 309 g/mol. The normalized spacial score (nSPS) is 10.3. The monoisotopic (exact) mass is 308 g/mol. The quantitative estimate of drug-likeness (QED) is 0.797. The standard InChI is InChI=1S/C13H13BrN2O2/c1-2-16-7-10(6-15-16)9-18-13-11(8-17)4-3-5-12(13)14/h3-8H,2,9H2,1H3. The minimum atomic E-state index is 0.392. The number of benzene rings is 1. The average Bonchev–Trinajstić information content (AvgIpc) is 2.85. The molecule has 1 aromatic carbocycles. The summed E-state index contributed by atoms with van der Waals surface area (Å²) < 4.78 is 8.28. The Balaban J connectivity index is 2.12. The first-order valence-corrected chi connectivity index (χ1v) is 6.41. The summed E-state index contributed by atoms with van der Waals surface area (Å²) in [6, 6.07) is 5.37. The lowest BCUT2D eigenvalue weighted by Crippen LogP contribution is -1.98. The molecular weight excluding hydrogens is 296 g/mol. The molecule has 18 heavy (non-hydrogen) atoms. The second-order valence-electron chi connectivity index (χ2n) is 3.77. The molecule has 1 heterocycles. The third kappa shape index (κ3) is 2.79. The molecule has 0 saturated heterocycles. The minimum absolute atomic E-state index is 0.392. The number of hydrogen-bond acceptors (Lipinski definition) is 3. The van der Waals surface area contributed by atoms with Gasteiger partial charge in [0.1, 0.15) is 12.4 Å². The second-order valence-corrected chi connectivity index (χ2v) is 4.62. The van der Waals surface area contributed by atoms with Gasteiger partial charge in [-0.1, -0.05) is 6.07 Å². The Morgan fingerprint density at radius 1 is 1.50 bits per heavy atom. The van der Waals surface area contributed by atoms with Crippen LogP contribution in [0.25, 0.3) is 0 Å². The fraction of sp³-hybridized carbons (Fsp3) is 0.231. The van der Waals surface area contributed by atoms with Crippen molar-refractivity contribution in [1.82, 2.24) is 9.78 Å². The van der Waals surface area contributed by atoms with Crippen LogP contribution in [0.1, 0.15) is 22.8 Å². The molecule has 0 aliphatic heterocycles. The Kier molecular flexibility index (Phi) is 4.15. The van der Waals surface area contributed by atoms with E-state index in [-0.39, 0.29) is 0 Å². The van der Waals surface area contributed by atoms with Crippen molar-refractivity contribution in [2.24, 2.45) is 0 Å². The van der Waals surface area contributed by atoms with E-state index in [1.807, 2.05) is 23.9 Å². The third-order valence-corrected chi connectivity index (χ3v) is 3.14. The van der Waals surface area contributed by atoms with Gasteiger partial charge >= 0.3 is 0 Å². The molecule has 4 nitrogen and oxygen atoms in total. The molecule has 0 radical (unpaired) electrons. The summed E-state index contributed by atoms with van der Waals surface area (Å²) in [5, 5.41) is 4.17. The van der Waals surface area contributed by atoms with Crippen LogP contribution in [-0.2, 0) is 13.2 Å². The van der Waals surface area contributed by atoms with E-state index < -0.39 is 0 Å². The lowest BCUT2D eigenvalue weighted by molar-refractivity contribution is 0.111. The molecule has 0 bridgehead atoms. The van der Waals surface area contributed by atoms with Crippen LogP contribution >= 0.6 is 15.9 Å². The van der Waals surface area contributed by atoms with Crippen molar-refractivity contribution in [3.05, 3.63) is 46.2 Å². The number of para-hydroxylation sites is 1. The SMILES string of the molecule is CCn1cc(COc2c(Br)cccc2C=O)cn1. The molecule has 94 valence electrons. The highest BCUT2D eigenvalue weighted by Gasteiger charge is 2.08. The maximum absolute atomic E-state index is 10.9. The van der Waals surface area contributed by atoms with E-state index >= 15 is 0 Å². The van der Waals surface area contributed by atoms with E-state index in [9.17, 15) is 4.79 Å². The number of aromatic nitrogens is 2. The first-order chi connectivity index (χ1) is 8.74. The van der Waals surface area contributed by atoms with Gasteiger partial charge in [0.15, 0.2) is 6.29 Å². The van der Waals surface area contributed by atoms with Gasteiger partial charge in [-0.05, 0) is 35.0 Å².